The van der Waals surface area contributed by atoms with Gasteiger partial charge in [-0.3, -0.25) is 14.3 Å². The predicted molar refractivity (Wildman–Crippen MR) is 124 cm³/mol. The average Bonchev–Trinajstić information content (AvgIpc) is 3.05. The van der Waals surface area contributed by atoms with Crippen molar-refractivity contribution in [3.8, 4) is 0 Å². The normalized spacial score (nSPS) is 14.5. The smallest absolute Gasteiger partial charge is 0.269 e. The molecule has 2 aromatic heterocycles. The Kier molecular flexibility index (Phi) is 6.39. The van der Waals surface area contributed by atoms with Crippen LogP contribution in [0.15, 0.2) is 47.4 Å². The van der Waals surface area contributed by atoms with Gasteiger partial charge >= 0.3 is 0 Å². The molecule has 0 aliphatic carbocycles. The molecule has 8 nitrogen and oxygen atoms in total. The molecule has 168 valence electrons. The van der Waals surface area contributed by atoms with Crippen LogP contribution in [0.5, 0.6) is 0 Å². The zero-order valence-electron chi connectivity index (χ0n) is 18.9. The van der Waals surface area contributed by atoms with Crippen LogP contribution in [0.25, 0.3) is 0 Å². The molecule has 4 rings (SSSR count). The fourth-order valence-corrected chi connectivity index (χ4v) is 4.27. The molecule has 0 radical (unpaired) electrons. The largest absolute Gasteiger partial charge is 0.370 e. The minimum Gasteiger partial charge on any atom is -0.370 e. The third-order valence-electron chi connectivity index (χ3n) is 6.36. The molecule has 0 bridgehead atoms. The van der Waals surface area contributed by atoms with E-state index >= 15 is 0 Å². The molecule has 8 heteroatoms. The molecule has 32 heavy (non-hydrogen) atoms. The van der Waals surface area contributed by atoms with Crippen LogP contribution in [-0.4, -0.2) is 38.6 Å². The van der Waals surface area contributed by atoms with E-state index in [-0.39, 0.29) is 17.4 Å². The summed E-state index contributed by atoms with van der Waals surface area (Å²) in [5.41, 5.74) is 4.86. The number of carbonyl (C=O) groups is 1. The summed E-state index contributed by atoms with van der Waals surface area (Å²) >= 11 is 0. The molecule has 0 atom stereocenters. The van der Waals surface area contributed by atoms with E-state index in [0.717, 1.165) is 54.1 Å². The lowest BCUT2D eigenvalue weighted by Gasteiger charge is -2.32. The molecule has 1 fully saturated rings. The molecule has 3 heterocycles. The number of aryl methyl sites for hydroxylation is 2. The maximum absolute atomic E-state index is 12.7. The third-order valence-corrected chi connectivity index (χ3v) is 6.36. The second-order valence-corrected chi connectivity index (χ2v) is 8.45. The maximum Gasteiger partial charge on any atom is 0.269 e. The number of carbonyl (C=O) groups excluding carboxylic acids is 1. The number of amides is 1. The summed E-state index contributed by atoms with van der Waals surface area (Å²) in [6.07, 6.45) is 3.26. The van der Waals surface area contributed by atoms with Crippen LogP contribution in [0.4, 0.5) is 5.69 Å². The van der Waals surface area contributed by atoms with Crippen molar-refractivity contribution in [3.05, 3.63) is 75.5 Å². The summed E-state index contributed by atoms with van der Waals surface area (Å²) in [6.45, 7) is 6.41. The molecule has 3 aromatic rings. The van der Waals surface area contributed by atoms with Crippen molar-refractivity contribution in [1.29, 1.82) is 0 Å². The number of aromatic nitrogens is 4. The van der Waals surface area contributed by atoms with Gasteiger partial charge in [-0.2, -0.15) is 10.2 Å². The number of nitrogens with one attached hydrogen (secondary N) is 1. The zero-order valence-corrected chi connectivity index (χ0v) is 18.9. The number of piperidine rings is 1. The quantitative estimate of drug-likeness (QED) is 0.643. The van der Waals surface area contributed by atoms with E-state index in [1.165, 1.54) is 4.68 Å². The highest BCUT2D eigenvalue weighted by Crippen LogP contribution is 2.22. The van der Waals surface area contributed by atoms with Crippen molar-refractivity contribution in [2.45, 2.75) is 39.8 Å². The van der Waals surface area contributed by atoms with Crippen molar-refractivity contribution in [3.63, 3.8) is 0 Å². The SMILES string of the molecule is Cc1nn(C)c(C)c1CNC(=O)C1CCN(c2cnn(Cc3ccccc3)c(=O)c2)CC1. The monoisotopic (exact) mass is 434 g/mol. The van der Waals surface area contributed by atoms with Crippen LogP contribution in [0.2, 0.25) is 0 Å². The van der Waals surface area contributed by atoms with E-state index in [9.17, 15) is 9.59 Å². The van der Waals surface area contributed by atoms with Crippen LogP contribution < -0.4 is 15.8 Å². The van der Waals surface area contributed by atoms with Crippen molar-refractivity contribution < 1.29 is 4.79 Å². The molecule has 0 spiro atoms. The predicted octanol–water partition coefficient (Wildman–Crippen LogP) is 2.17. The van der Waals surface area contributed by atoms with Gasteiger partial charge in [-0.05, 0) is 32.3 Å². The van der Waals surface area contributed by atoms with Crippen LogP contribution in [0, 0.1) is 19.8 Å². The lowest BCUT2D eigenvalue weighted by atomic mass is 9.95. The van der Waals surface area contributed by atoms with E-state index in [0.29, 0.717) is 13.1 Å². The van der Waals surface area contributed by atoms with Crippen LogP contribution in [-0.2, 0) is 24.9 Å². The Morgan fingerprint density at radius 3 is 2.50 bits per heavy atom. The van der Waals surface area contributed by atoms with Gasteiger partial charge in [0.1, 0.15) is 0 Å². The Labute approximate surface area is 187 Å². The minimum absolute atomic E-state index is 0.0186. The van der Waals surface area contributed by atoms with Crippen LogP contribution >= 0.6 is 0 Å². The van der Waals surface area contributed by atoms with Crippen molar-refractivity contribution in [2.24, 2.45) is 13.0 Å². The van der Waals surface area contributed by atoms with Gasteiger partial charge in [0.15, 0.2) is 0 Å². The molecule has 1 N–H and O–H groups in total. The Morgan fingerprint density at radius 1 is 1.16 bits per heavy atom. The third kappa shape index (κ3) is 4.74. The van der Waals surface area contributed by atoms with Gasteiger partial charge in [-0.1, -0.05) is 30.3 Å². The number of hydrogen-bond donors (Lipinski definition) is 1. The van der Waals surface area contributed by atoms with Crippen LogP contribution in [0.3, 0.4) is 0 Å². The highest BCUT2D eigenvalue weighted by molar-refractivity contribution is 5.79. The molecule has 1 amide bonds. The summed E-state index contributed by atoms with van der Waals surface area (Å²) in [6, 6.07) is 11.5. The first kappa shape index (κ1) is 21.8. The summed E-state index contributed by atoms with van der Waals surface area (Å²) < 4.78 is 3.32. The molecule has 1 aliphatic heterocycles. The van der Waals surface area contributed by atoms with E-state index in [1.54, 1.807) is 12.3 Å². The topological polar surface area (TPSA) is 85.1 Å². The number of nitrogens with zero attached hydrogens (tertiary/aromatic N) is 5. The second kappa shape index (κ2) is 9.38. The van der Waals surface area contributed by atoms with E-state index in [2.05, 4.69) is 20.4 Å². The highest BCUT2D eigenvalue weighted by atomic mass is 16.2. The molecule has 0 unspecified atom stereocenters. The molecular formula is C24H30N6O2. The van der Waals surface area contributed by atoms with E-state index < -0.39 is 0 Å². The summed E-state index contributed by atoms with van der Waals surface area (Å²) in [7, 11) is 1.91. The Bertz CT molecular complexity index is 1140. The highest BCUT2D eigenvalue weighted by Gasteiger charge is 2.26. The Balaban J connectivity index is 1.31. The van der Waals surface area contributed by atoms with Gasteiger partial charge < -0.3 is 10.2 Å². The van der Waals surface area contributed by atoms with Crippen molar-refractivity contribution in [1.82, 2.24) is 24.9 Å². The first-order chi connectivity index (χ1) is 15.4. The fraction of sp³-hybridized carbons (Fsp3) is 0.417. The number of benzene rings is 1. The van der Waals surface area contributed by atoms with Crippen LogP contribution in [0.1, 0.15) is 35.4 Å². The molecule has 1 aromatic carbocycles. The van der Waals surface area contributed by atoms with Crippen molar-refractivity contribution >= 4 is 11.6 Å². The number of anilines is 1. The summed E-state index contributed by atoms with van der Waals surface area (Å²) in [5.74, 6) is 0.0682. The van der Waals surface area contributed by atoms with Crippen molar-refractivity contribution in [2.75, 3.05) is 18.0 Å². The lowest BCUT2D eigenvalue weighted by Crippen LogP contribution is -2.41. The maximum atomic E-state index is 12.7. The first-order valence-corrected chi connectivity index (χ1v) is 11.0. The fourth-order valence-electron chi connectivity index (χ4n) is 4.27. The molecule has 1 saturated heterocycles. The zero-order chi connectivity index (χ0) is 22.7. The Hall–Kier alpha value is -3.42. The van der Waals surface area contributed by atoms with E-state index in [4.69, 9.17) is 0 Å². The number of hydrogen-bond acceptors (Lipinski definition) is 5. The molecule has 1 aliphatic rings. The van der Waals surface area contributed by atoms with Gasteiger partial charge in [0.25, 0.3) is 5.56 Å². The molecule has 0 saturated carbocycles. The summed E-state index contributed by atoms with van der Waals surface area (Å²) in [5, 5.41) is 11.8. The Morgan fingerprint density at radius 2 is 1.88 bits per heavy atom. The standard InChI is InChI=1S/C24H30N6O2/c1-17-22(18(2)28(3)27-17)15-25-24(32)20-9-11-29(12-10-20)21-13-23(31)30(26-14-21)16-19-7-5-4-6-8-19/h4-8,13-14,20H,9-12,15-16H2,1-3H3,(H,25,32). The van der Waals surface area contributed by atoms with Gasteiger partial charge in [-0.15, -0.1) is 0 Å². The number of rotatable bonds is 6. The van der Waals surface area contributed by atoms with Gasteiger partial charge in [0, 0.05) is 49.9 Å². The van der Waals surface area contributed by atoms with Gasteiger partial charge in [0.05, 0.1) is 24.1 Å². The first-order valence-electron chi connectivity index (χ1n) is 11.0. The average molecular weight is 435 g/mol. The van der Waals surface area contributed by atoms with E-state index in [1.807, 2.05) is 55.9 Å². The summed E-state index contributed by atoms with van der Waals surface area (Å²) in [4.78, 5) is 27.4. The minimum atomic E-state index is -0.117. The van der Waals surface area contributed by atoms with Gasteiger partial charge in [-0.25, -0.2) is 4.68 Å². The molecular weight excluding hydrogens is 404 g/mol. The lowest BCUT2D eigenvalue weighted by molar-refractivity contribution is -0.125. The second-order valence-electron chi connectivity index (χ2n) is 8.45. The van der Waals surface area contributed by atoms with Gasteiger partial charge in [0.2, 0.25) is 5.91 Å².